The van der Waals surface area contributed by atoms with Crippen molar-refractivity contribution in [2.45, 2.75) is 50.7 Å². The molecule has 0 aromatic heterocycles. The van der Waals surface area contributed by atoms with Crippen LogP contribution in [0.4, 0.5) is 0 Å². The monoisotopic (exact) mass is 166 g/mol. The van der Waals surface area contributed by atoms with E-state index < -0.39 is 0 Å². The van der Waals surface area contributed by atoms with Crippen LogP contribution in [0.15, 0.2) is 0 Å². The predicted molar refractivity (Wildman–Crippen MR) is 52.5 cm³/mol. The maximum absolute atomic E-state index is 5.56. The highest BCUT2D eigenvalue weighted by Gasteiger charge is 2.37. The third kappa shape index (κ3) is 1.54. The summed E-state index contributed by atoms with van der Waals surface area (Å²) in [7, 11) is 1.89. The van der Waals surface area contributed by atoms with Gasteiger partial charge in [-0.15, -0.1) is 0 Å². The molecule has 1 saturated heterocycles. The van der Waals surface area contributed by atoms with Crippen LogP contribution in [0, 0.1) is 5.92 Å². The Bertz CT molecular complexity index is 140. The summed E-state index contributed by atoms with van der Waals surface area (Å²) >= 11 is 0. The van der Waals surface area contributed by atoms with Crippen molar-refractivity contribution in [3.05, 3.63) is 0 Å². The largest absolute Gasteiger partial charge is 0.438 e. The fraction of sp³-hybridized carbons (Fsp3) is 1.00. The van der Waals surface area contributed by atoms with Crippen molar-refractivity contribution < 1.29 is 4.65 Å². The minimum Gasteiger partial charge on any atom is -0.438 e. The predicted octanol–water partition coefficient (Wildman–Crippen LogP) is 2.98. The summed E-state index contributed by atoms with van der Waals surface area (Å²) in [6.07, 6.45) is 10.0. The van der Waals surface area contributed by atoms with Crippen LogP contribution >= 0.6 is 0 Å². The van der Waals surface area contributed by atoms with E-state index in [1.807, 2.05) is 7.11 Å². The van der Waals surface area contributed by atoms with E-state index >= 15 is 0 Å². The zero-order valence-corrected chi connectivity index (χ0v) is 8.09. The molecule has 2 heteroatoms. The van der Waals surface area contributed by atoms with E-state index in [2.05, 4.69) is 0 Å². The summed E-state index contributed by atoms with van der Waals surface area (Å²) in [5.74, 6) is 1.93. The highest BCUT2D eigenvalue weighted by molar-refractivity contribution is 6.53. The van der Waals surface area contributed by atoms with E-state index in [9.17, 15) is 0 Å². The lowest BCUT2D eigenvalue weighted by Gasteiger charge is -2.38. The second-order valence-corrected chi connectivity index (χ2v) is 4.41. The van der Waals surface area contributed by atoms with Gasteiger partial charge in [0.1, 0.15) is 0 Å². The zero-order chi connectivity index (χ0) is 8.39. The van der Waals surface area contributed by atoms with Gasteiger partial charge in [0.15, 0.2) is 0 Å². The van der Waals surface area contributed by atoms with Gasteiger partial charge < -0.3 is 4.65 Å². The molecular formula is C10H19BO. The molecule has 1 heterocycles. The minimum atomic E-state index is 0.601. The number of fused-ring (bicyclic) bond motifs is 1. The average Bonchev–Trinajstić information content (AvgIpc) is 2.17. The van der Waals surface area contributed by atoms with Gasteiger partial charge in [0.25, 0.3) is 6.92 Å². The standard InChI is InChI=1S/C10H19BO/c1-12-11-8-4-6-9-5-2-3-7-10(9)11/h9-10H,2-8H2,1H3/t9-,10+/m0/s1. The molecule has 0 amide bonds. The van der Waals surface area contributed by atoms with E-state index in [-0.39, 0.29) is 0 Å². The zero-order valence-electron chi connectivity index (χ0n) is 8.09. The summed E-state index contributed by atoms with van der Waals surface area (Å²) in [4.78, 5) is 0. The van der Waals surface area contributed by atoms with Crippen molar-refractivity contribution >= 4 is 6.92 Å². The van der Waals surface area contributed by atoms with Gasteiger partial charge in [-0.2, -0.15) is 0 Å². The number of rotatable bonds is 1. The van der Waals surface area contributed by atoms with Gasteiger partial charge in [-0.05, 0) is 18.1 Å². The molecule has 0 radical (unpaired) electrons. The Kier molecular flexibility index (Phi) is 2.74. The van der Waals surface area contributed by atoms with Gasteiger partial charge in [-0.3, -0.25) is 0 Å². The van der Waals surface area contributed by atoms with Gasteiger partial charge in [-0.25, -0.2) is 0 Å². The van der Waals surface area contributed by atoms with Gasteiger partial charge in [0, 0.05) is 7.11 Å². The average molecular weight is 166 g/mol. The van der Waals surface area contributed by atoms with Crippen LogP contribution in [-0.4, -0.2) is 14.0 Å². The molecular weight excluding hydrogens is 147 g/mol. The molecule has 68 valence electrons. The first kappa shape index (κ1) is 8.62. The molecule has 2 rings (SSSR count). The molecule has 1 saturated carbocycles. The Morgan fingerprint density at radius 3 is 2.67 bits per heavy atom. The number of hydrogen-bond acceptors (Lipinski definition) is 1. The van der Waals surface area contributed by atoms with Crippen LogP contribution in [0.3, 0.4) is 0 Å². The maximum Gasteiger partial charge on any atom is 0.296 e. The smallest absolute Gasteiger partial charge is 0.296 e. The molecule has 0 aromatic rings. The Morgan fingerprint density at radius 2 is 1.83 bits per heavy atom. The first-order chi connectivity index (χ1) is 5.92. The summed E-state index contributed by atoms with van der Waals surface area (Å²) < 4.78 is 5.56. The lowest BCUT2D eigenvalue weighted by Crippen LogP contribution is -2.34. The van der Waals surface area contributed by atoms with Gasteiger partial charge in [0.05, 0.1) is 0 Å². The van der Waals surface area contributed by atoms with Crippen molar-refractivity contribution in [3.8, 4) is 0 Å². The second-order valence-electron chi connectivity index (χ2n) is 4.41. The van der Waals surface area contributed by atoms with E-state index in [4.69, 9.17) is 4.65 Å². The van der Waals surface area contributed by atoms with Crippen molar-refractivity contribution in [3.63, 3.8) is 0 Å². The normalized spacial score (nSPS) is 36.2. The molecule has 1 aliphatic heterocycles. The highest BCUT2D eigenvalue weighted by Crippen LogP contribution is 2.44. The SMILES string of the molecule is COB1CCC[C@@H]2CCCC[C@@H]12. The van der Waals surface area contributed by atoms with Crippen molar-refractivity contribution in [2.75, 3.05) is 7.11 Å². The molecule has 0 N–H and O–H groups in total. The van der Waals surface area contributed by atoms with Crippen LogP contribution in [0.2, 0.25) is 12.1 Å². The number of hydrogen-bond donors (Lipinski definition) is 0. The van der Waals surface area contributed by atoms with Gasteiger partial charge in [-0.1, -0.05) is 38.5 Å². The third-order valence-electron chi connectivity index (χ3n) is 3.81. The van der Waals surface area contributed by atoms with Crippen molar-refractivity contribution in [2.24, 2.45) is 5.92 Å². The highest BCUT2D eigenvalue weighted by atomic mass is 16.4. The Hall–Kier alpha value is 0.0249. The summed E-state index contributed by atoms with van der Waals surface area (Å²) in [5, 5.41) is 0. The topological polar surface area (TPSA) is 9.23 Å². The molecule has 0 bridgehead atoms. The van der Waals surface area contributed by atoms with E-state index in [0.29, 0.717) is 6.92 Å². The second kappa shape index (κ2) is 3.82. The van der Waals surface area contributed by atoms with E-state index in [1.54, 1.807) is 0 Å². The lowest BCUT2D eigenvalue weighted by atomic mass is 9.42. The molecule has 0 unspecified atom stereocenters. The lowest BCUT2D eigenvalue weighted by molar-refractivity contribution is 0.276. The van der Waals surface area contributed by atoms with Crippen molar-refractivity contribution in [1.82, 2.24) is 0 Å². The van der Waals surface area contributed by atoms with Crippen LogP contribution in [0.1, 0.15) is 38.5 Å². The Morgan fingerprint density at radius 1 is 1.08 bits per heavy atom. The fourth-order valence-electron chi connectivity index (χ4n) is 3.17. The molecule has 1 aliphatic carbocycles. The Labute approximate surface area is 76.0 Å². The molecule has 12 heavy (non-hydrogen) atoms. The van der Waals surface area contributed by atoms with Crippen LogP contribution in [0.25, 0.3) is 0 Å². The first-order valence-electron chi connectivity index (χ1n) is 5.44. The molecule has 2 fully saturated rings. The molecule has 0 aromatic carbocycles. The van der Waals surface area contributed by atoms with E-state index in [1.165, 1.54) is 44.8 Å². The summed E-state index contributed by atoms with van der Waals surface area (Å²) in [6, 6.07) is 0. The van der Waals surface area contributed by atoms with Crippen molar-refractivity contribution in [1.29, 1.82) is 0 Å². The summed E-state index contributed by atoms with van der Waals surface area (Å²) in [5.41, 5.74) is 0. The minimum absolute atomic E-state index is 0.601. The third-order valence-corrected chi connectivity index (χ3v) is 3.81. The van der Waals surface area contributed by atoms with Gasteiger partial charge >= 0.3 is 0 Å². The fourth-order valence-corrected chi connectivity index (χ4v) is 3.17. The van der Waals surface area contributed by atoms with E-state index in [0.717, 1.165) is 11.7 Å². The molecule has 2 aliphatic rings. The molecule has 1 nitrogen and oxygen atoms in total. The maximum atomic E-state index is 5.56. The van der Waals surface area contributed by atoms with Gasteiger partial charge in [0.2, 0.25) is 0 Å². The van der Waals surface area contributed by atoms with Crippen LogP contribution in [-0.2, 0) is 4.65 Å². The van der Waals surface area contributed by atoms with Crippen LogP contribution < -0.4 is 0 Å². The van der Waals surface area contributed by atoms with Crippen LogP contribution in [0.5, 0.6) is 0 Å². The summed E-state index contributed by atoms with van der Waals surface area (Å²) in [6.45, 7) is 0.601. The molecule has 0 spiro atoms. The first-order valence-corrected chi connectivity index (χ1v) is 5.44. The Balaban J connectivity index is 1.99. The quantitative estimate of drug-likeness (QED) is 0.544. The molecule has 2 atom stereocenters.